The zero-order valence-electron chi connectivity index (χ0n) is 11.4. The van der Waals surface area contributed by atoms with Gasteiger partial charge in [-0.3, -0.25) is 4.79 Å². The minimum Gasteiger partial charge on any atom is -0.385 e. The standard InChI is InChI=1S/C12H16Cl2N2O4S/c1-20-7-3-2-6-16-12(17)10-8(13)4-5-9(11(10)14)21(15,18)19/h4-5H,2-3,6-7H2,1H3,(H,16,17)(H2,15,18,19). The van der Waals surface area contributed by atoms with E-state index in [0.717, 1.165) is 12.5 Å². The summed E-state index contributed by atoms with van der Waals surface area (Å²) in [6.45, 7) is 0.993. The van der Waals surface area contributed by atoms with Crippen LogP contribution in [0.3, 0.4) is 0 Å². The number of sulfonamides is 1. The number of unbranched alkanes of at least 4 members (excludes halogenated alkanes) is 1. The zero-order chi connectivity index (χ0) is 16.0. The Morgan fingerprint density at radius 2 is 2.00 bits per heavy atom. The van der Waals surface area contributed by atoms with Crippen molar-refractivity contribution in [2.75, 3.05) is 20.3 Å². The number of primary sulfonamides is 1. The highest BCUT2D eigenvalue weighted by atomic mass is 35.5. The van der Waals surface area contributed by atoms with E-state index >= 15 is 0 Å². The van der Waals surface area contributed by atoms with E-state index in [4.69, 9.17) is 33.1 Å². The van der Waals surface area contributed by atoms with Gasteiger partial charge in [-0.05, 0) is 25.0 Å². The van der Waals surface area contributed by atoms with Gasteiger partial charge >= 0.3 is 0 Å². The Labute approximate surface area is 133 Å². The molecule has 1 rings (SSSR count). The number of carbonyl (C=O) groups excluding carboxylic acids is 1. The molecule has 0 aromatic heterocycles. The number of halogens is 2. The van der Waals surface area contributed by atoms with Crippen molar-refractivity contribution in [1.82, 2.24) is 5.32 Å². The van der Waals surface area contributed by atoms with Crippen LogP contribution in [0.4, 0.5) is 0 Å². The summed E-state index contributed by atoms with van der Waals surface area (Å²) in [7, 11) is -2.43. The van der Waals surface area contributed by atoms with Crippen LogP contribution >= 0.6 is 23.2 Å². The monoisotopic (exact) mass is 354 g/mol. The van der Waals surface area contributed by atoms with Crippen molar-refractivity contribution < 1.29 is 17.9 Å². The molecule has 0 heterocycles. The van der Waals surface area contributed by atoms with Crippen LogP contribution in [0, 0.1) is 0 Å². The molecule has 3 N–H and O–H groups in total. The summed E-state index contributed by atoms with van der Waals surface area (Å²) in [6.07, 6.45) is 1.50. The van der Waals surface area contributed by atoms with E-state index in [9.17, 15) is 13.2 Å². The summed E-state index contributed by atoms with van der Waals surface area (Å²) in [4.78, 5) is 11.7. The number of nitrogens with two attached hydrogens (primary N) is 1. The van der Waals surface area contributed by atoms with Crippen LogP contribution in [0.25, 0.3) is 0 Å². The van der Waals surface area contributed by atoms with Crippen molar-refractivity contribution in [3.63, 3.8) is 0 Å². The van der Waals surface area contributed by atoms with E-state index in [1.807, 2.05) is 0 Å². The maximum atomic E-state index is 12.1. The van der Waals surface area contributed by atoms with Gasteiger partial charge in [-0.1, -0.05) is 23.2 Å². The molecule has 0 atom stereocenters. The molecule has 0 saturated heterocycles. The van der Waals surface area contributed by atoms with Crippen molar-refractivity contribution in [2.24, 2.45) is 5.14 Å². The number of rotatable bonds is 7. The first-order valence-electron chi connectivity index (χ1n) is 6.07. The first-order chi connectivity index (χ1) is 9.79. The quantitative estimate of drug-likeness (QED) is 0.729. The molecule has 6 nitrogen and oxygen atoms in total. The van der Waals surface area contributed by atoms with E-state index in [-0.39, 0.29) is 20.5 Å². The van der Waals surface area contributed by atoms with Crippen LogP contribution in [0.1, 0.15) is 23.2 Å². The fourth-order valence-corrected chi connectivity index (χ4v) is 3.10. The summed E-state index contributed by atoms with van der Waals surface area (Å²) >= 11 is 11.8. The lowest BCUT2D eigenvalue weighted by Crippen LogP contribution is -2.26. The van der Waals surface area contributed by atoms with E-state index in [2.05, 4.69) is 5.32 Å². The van der Waals surface area contributed by atoms with Gasteiger partial charge in [-0.15, -0.1) is 0 Å². The molecule has 0 aliphatic carbocycles. The summed E-state index contributed by atoms with van der Waals surface area (Å²) in [5.74, 6) is -0.548. The summed E-state index contributed by atoms with van der Waals surface area (Å²) in [6, 6.07) is 2.43. The highest BCUT2D eigenvalue weighted by molar-refractivity contribution is 7.89. The number of ether oxygens (including phenoxy) is 1. The second kappa shape index (κ2) is 7.95. The van der Waals surface area contributed by atoms with Crippen molar-refractivity contribution in [1.29, 1.82) is 0 Å². The summed E-state index contributed by atoms with van der Waals surface area (Å²) in [5.41, 5.74) is -0.100. The average Bonchev–Trinajstić information content (AvgIpc) is 2.37. The lowest BCUT2D eigenvalue weighted by molar-refractivity contribution is 0.0951. The minimum absolute atomic E-state index is 0.0572. The van der Waals surface area contributed by atoms with Gasteiger partial charge < -0.3 is 10.1 Å². The molecule has 118 valence electrons. The maximum absolute atomic E-state index is 12.1. The third kappa shape index (κ3) is 5.12. The van der Waals surface area contributed by atoms with Crippen LogP contribution in [0.5, 0.6) is 0 Å². The predicted octanol–water partition coefficient (Wildman–Crippen LogP) is 1.80. The zero-order valence-corrected chi connectivity index (χ0v) is 13.7. The molecule has 0 spiro atoms. The molecule has 0 saturated carbocycles. The van der Waals surface area contributed by atoms with E-state index < -0.39 is 15.9 Å². The average molecular weight is 355 g/mol. The van der Waals surface area contributed by atoms with E-state index in [1.165, 1.54) is 6.07 Å². The molecule has 0 fully saturated rings. The Morgan fingerprint density at radius 3 is 2.57 bits per heavy atom. The Balaban J connectivity index is 2.89. The minimum atomic E-state index is -4.03. The number of hydrogen-bond acceptors (Lipinski definition) is 4. The third-order valence-corrected chi connectivity index (χ3v) is 4.42. The van der Waals surface area contributed by atoms with Crippen LogP contribution in [-0.2, 0) is 14.8 Å². The fourth-order valence-electron chi connectivity index (χ4n) is 1.62. The lowest BCUT2D eigenvalue weighted by atomic mass is 10.2. The highest BCUT2D eigenvalue weighted by Gasteiger charge is 2.22. The van der Waals surface area contributed by atoms with Gasteiger partial charge in [0.25, 0.3) is 5.91 Å². The fraction of sp³-hybridized carbons (Fsp3) is 0.417. The molecule has 0 radical (unpaired) electrons. The summed E-state index contributed by atoms with van der Waals surface area (Å²) in [5, 5.41) is 7.43. The normalized spacial score (nSPS) is 11.4. The van der Waals surface area contributed by atoms with Gasteiger partial charge in [-0.2, -0.15) is 0 Å². The van der Waals surface area contributed by atoms with E-state index in [1.54, 1.807) is 7.11 Å². The second-order valence-electron chi connectivity index (χ2n) is 4.24. The first kappa shape index (κ1) is 18.2. The number of amides is 1. The first-order valence-corrected chi connectivity index (χ1v) is 8.37. The number of hydrogen-bond donors (Lipinski definition) is 2. The number of nitrogens with one attached hydrogen (secondary N) is 1. The Bertz CT molecular complexity index is 620. The van der Waals surface area contributed by atoms with Gasteiger partial charge in [-0.25, -0.2) is 13.6 Å². The molecule has 0 aliphatic heterocycles. The van der Waals surface area contributed by atoms with Gasteiger partial charge in [0.2, 0.25) is 10.0 Å². The smallest absolute Gasteiger partial charge is 0.254 e. The Kier molecular flexibility index (Phi) is 6.89. The molecule has 1 amide bonds. The van der Waals surface area contributed by atoms with Crippen molar-refractivity contribution in [2.45, 2.75) is 17.7 Å². The molecular weight excluding hydrogens is 339 g/mol. The lowest BCUT2D eigenvalue weighted by Gasteiger charge is -2.11. The van der Waals surface area contributed by atoms with Gasteiger partial charge in [0, 0.05) is 20.3 Å². The molecule has 0 bridgehead atoms. The summed E-state index contributed by atoms with van der Waals surface area (Å²) < 4.78 is 27.6. The van der Waals surface area contributed by atoms with E-state index in [0.29, 0.717) is 19.6 Å². The van der Waals surface area contributed by atoms with Crippen LogP contribution < -0.4 is 10.5 Å². The molecule has 1 aromatic carbocycles. The van der Waals surface area contributed by atoms with Crippen molar-refractivity contribution in [3.05, 3.63) is 27.7 Å². The van der Waals surface area contributed by atoms with Gasteiger partial charge in [0.05, 0.1) is 15.6 Å². The molecule has 9 heteroatoms. The van der Waals surface area contributed by atoms with Crippen molar-refractivity contribution >= 4 is 39.1 Å². The third-order valence-electron chi connectivity index (χ3n) is 2.65. The van der Waals surface area contributed by atoms with Crippen LogP contribution in [0.15, 0.2) is 17.0 Å². The second-order valence-corrected chi connectivity index (χ2v) is 6.55. The Morgan fingerprint density at radius 1 is 1.33 bits per heavy atom. The topological polar surface area (TPSA) is 98.5 Å². The number of methoxy groups -OCH3 is 1. The molecule has 0 aliphatic rings. The number of benzene rings is 1. The SMILES string of the molecule is COCCCCNC(=O)c1c(Cl)ccc(S(N)(=O)=O)c1Cl. The van der Waals surface area contributed by atoms with Crippen LogP contribution in [0.2, 0.25) is 10.0 Å². The molecular formula is C12H16Cl2N2O4S. The molecule has 1 aromatic rings. The van der Waals surface area contributed by atoms with Gasteiger partial charge in [0.15, 0.2) is 0 Å². The Hall–Kier alpha value is -0.860. The predicted molar refractivity (Wildman–Crippen MR) is 81.3 cm³/mol. The number of carbonyl (C=O) groups is 1. The maximum Gasteiger partial charge on any atom is 0.254 e. The van der Waals surface area contributed by atoms with Crippen molar-refractivity contribution in [3.8, 4) is 0 Å². The van der Waals surface area contributed by atoms with Gasteiger partial charge in [0.1, 0.15) is 4.90 Å². The largest absolute Gasteiger partial charge is 0.385 e. The van der Waals surface area contributed by atoms with Crippen LogP contribution in [-0.4, -0.2) is 34.6 Å². The molecule has 0 unspecified atom stereocenters. The highest BCUT2D eigenvalue weighted by Crippen LogP contribution is 2.30. The molecule has 21 heavy (non-hydrogen) atoms.